The summed E-state index contributed by atoms with van der Waals surface area (Å²) in [5.74, 6) is -2.95. The highest BCUT2D eigenvalue weighted by Crippen LogP contribution is 2.81. The molecule has 0 spiro atoms. The number of sulfone groups is 2. The molecule has 10 heteroatoms. The number of rotatable bonds is 4. The average Bonchev–Trinajstić information content (AvgIpc) is 3.73. The topological polar surface area (TPSA) is 163 Å². The van der Waals surface area contributed by atoms with Gasteiger partial charge in [-0.3, -0.25) is 0 Å². The summed E-state index contributed by atoms with van der Waals surface area (Å²) in [7, 11) is -8.20. The molecule has 3 saturated carbocycles. The molecule has 4 bridgehead atoms. The Morgan fingerprint density at radius 1 is 0.550 bits per heavy atom. The third kappa shape index (κ3) is 2.54. The first-order chi connectivity index (χ1) is 19.2. The zero-order valence-electron chi connectivity index (χ0n) is 21.0. The number of allylic oxidation sites excluding steroid dienone is 2. The van der Waals surface area contributed by atoms with Crippen LogP contribution < -0.4 is 0 Å². The van der Waals surface area contributed by atoms with Gasteiger partial charge in [0.25, 0.3) is 0 Å². The summed E-state index contributed by atoms with van der Waals surface area (Å²) >= 11 is 0. The molecule has 0 aromatic heterocycles. The maximum Gasteiger partial charge on any atom is 0.183 e. The summed E-state index contributed by atoms with van der Waals surface area (Å²) in [6, 6.07) is 23.8. The summed E-state index contributed by atoms with van der Waals surface area (Å²) in [5, 5.41) is 38.0. The predicted molar refractivity (Wildman–Crippen MR) is 139 cm³/mol. The Bertz CT molecular complexity index is 1730. The first-order valence-electron chi connectivity index (χ1n) is 13.1. The molecule has 0 radical (unpaired) electrons. The van der Waals surface area contributed by atoms with E-state index in [0.717, 1.165) is 11.1 Å². The highest BCUT2D eigenvalue weighted by Gasteiger charge is 2.84. The smallest absolute Gasteiger partial charge is 0.183 e. The summed E-state index contributed by atoms with van der Waals surface area (Å²) in [5.41, 5.74) is -1.91. The van der Waals surface area contributed by atoms with Crippen LogP contribution in [0.5, 0.6) is 0 Å². The van der Waals surface area contributed by atoms with Crippen molar-refractivity contribution in [2.75, 3.05) is 0 Å². The molecule has 8 atom stereocenters. The van der Waals surface area contributed by atoms with Gasteiger partial charge in [-0.25, -0.2) is 16.8 Å². The molecule has 8 nitrogen and oxygen atoms in total. The fraction of sp³-hybridized carbons (Fsp3) is 0.400. The first-order valence-corrected chi connectivity index (χ1v) is 16.2. The monoisotopic (exact) mass is 566 g/mol. The normalized spacial score (nSPS) is 35.4. The van der Waals surface area contributed by atoms with E-state index in [2.05, 4.69) is 0 Å². The molecule has 3 fully saturated rings. The minimum atomic E-state index is -4.10. The van der Waals surface area contributed by atoms with Crippen molar-refractivity contribution in [3.8, 4) is 24.3 Å². The molecular formula is C30H22N4O4S2. The summed E-state index contributed by atoms with van der Waals surface area (Å²) < 4.78 is 56.9. The van der Waals surface area contributed by atoms with E-state index in [9.17, 15) is 37.9 Å². The van der Waals surface area contributed by atoms with Crippen molar-refractivity contribution in [1.29, 1.82) is 21.0 Å². The first kappa shape index (κ1) is 25.0. The van der Waals surface area contributed by atoms with Crippen molar-refractivity contribution in [3.63, 3.8) is 0 Å². The Balaban J connectivity index is 1.43. The maximum atomic E-state index is 14.2. The molecule has 0 N–H and O–H groups in total. The highest BCUT2D eigenvalue weighted by atomic mass is 32.2. The Hall–Kier alpha value is -3.96. The van der Waals surface area contributed by atoms with Gasteiger partial charge in [0.1, 0.15) is 0 Å². The maximum absolute atomic E-state index is 14.2. The third-order valence-corrected chi connectivity index (χ3v) is 15.2. The zero-order valence-corrected chi connectivity index (χ0v) is 22.7. The lowest BCUT2D eigenvalue weighted by Gasteiger charge is -2.58. The van der Waals surface area contributed by atoms with Gasteiger partial charge in [-0.1, -0.05) is 47.5 Å². The van der Waals surface area contributed by atoms with Gasteiger partial charge in [0, 0.05) is 11.8 Å². The van der Waals surface area contributed by atoms with E-state index in [-0.39, 0.29) is 21.6 Å². The number of hydrogen-bond acceptors (Lipinski definition) is 8. The second kappa shape index (κ2) is 7.82. The highest BCUT2D eigenvalue weighted by molar-refractivity contribution is 7.96. The molecule has 5 aliphatic carbocycles. The Morgan fingerprint density at radius 3 is 1.20 bits per heavy atom. The second-order valence-corrected chi connectivity index (χ2v) is 15.8. The quantitative estimate of drug-likeness (QED) is 0.400. The lowest BCUT2D eigenvalue weighted by Crippen LogP contribution is -2.66. The van der Waals surface area contributed by atoms with Crippen LogP contribution in [0, 0.1) is 91.7 Å². The summed E-state index contributed by atoms with van der Waals surface area (Å²) in [6.07, 6.45) is 0.836. The largest absolute Gasteiger partial charge is 0.223 e. The van der Waals surface area contributed by atoms with Crippen LogP contribution in [0.1, 0.15) is 12.8 Å². The average molecular weight is 567 g/mol. The molecule has 198 valence electrons. The van der Waals surface area contributed by atoms with Gasteiger partial charge in [0.15, 0.2) is 30.5 Å². The molecule has 0 heterocycles. The molecule has 2 aromatic rings. The molecule has 7 rings (SSSR count). The molecule has 0 unspecified atom stereocenters. The lowest BCUT2D eigenvalue weighted by molar-refractivity contribution is -0.0709. The molecule has 40 heavy (non-hydrogen) atoms. The number of nitriles is 4. The van der Waals surface area contributed by atoms with Crippen LogP contribution >= 0.6 is 0 Å². The standard InChI is InChI=1S/C30H22N4O4S2/c31-13-29(14-32)25-19-11-20(26(25)30(29,15-33)16-34)24-22-12-21(23(19)24)27(39(35,36)17-7-3-1-4-8-17)28(22)40(37,38)18-9-5-2-6-10-18/h1-10,19-22,25-28H,11-12H2/t19-,20-,21+,22+,25-,26+,27-,28-/m0/s1. The minimum Gasteiger partial charge on any atom is -0.223 e. The van der Waals surface area contributed by atoms with Gasteiger partial charge < -0.3 is 0 Å². The molecule has 2 aromatic carbocycles. The fourth-order valence-corrected chi connectivity index (χ4v) is 14.4. The van der Waals surface area contributed by atoms with Crippen LogP contribution in [0.3, 0.4) is 0 Å². The number of hydrogen-bond donors (Lipinski definition) is 0. The fourth-order valence-electron chi connectivity index (χ4n) is 9.31. The van der Waals surface area contributed by atoms with E-state index in [0.29, 0.717) is 12.8 Å². The van der Waals surface area contributed by atoms with Gasteiger partial charge in [-0.15, -0.1) is 0 Å². The summed E-state index contributed by atoms with van der Waals surface area (Å²) in [4.78, 5) is 0.119. The van der Waals surface area contributed by atoms with Gasteiger partial charge in [0.2, 0.25) is 0 Å². The van der Waals surface area contributed by atoms with E-state index in [4.69, 9.17) is 0 Å². The third-order valence-electron chi connectivity index (χ3n) is 10.5. The van der Waals surface area contributed by atoms with Gasteiger partial charge in [-0.2, -0.15) is 21.0 Å². The van der Waals surface area contributed by atoms with Crippen LogP contribution in [-0.2, 0) is 19.7 Å². The Morgan fingerprint density at radius 2 is 0.875 bits per heavy atom. The minimum absolute atomic E-state index is 0.0593. The van der Waals surface area contributed by atoms with Crippen molar-refractivity contribution < 1.29 is 16.8 Å². The molecule has 5 aliphatic rings. The van der Waals surface area contributed by atoms with Gasteiger partial charge in [-0.05, 0) is 60.8 Å². The van der Waals surface area contributed by atoms with E-state index in [1.165, 1.54) is 24.3 Å². The summed E-state index contributed by atoms with van der Waals surface area (Å²) in [6.45, 7) is 0. The van der Waals surface area contributed by atoms with Crippen molar-refractivity contribution >= 4 is 19.7 Å². The Kier molecular flexibility index (Phi) is 4.90. The van der Waals surface area contributed by atoms with E-state index in [1.54, 1.807) is 36.4 Å². The van der Waals surface area contributed by atoms with Crippen molar-refractivity contribution in [1.82, 2.24) is 0 Å². The van der Waals surface area contributed by atoms with E-state index < -0.39 is 64.7 Å². The SMILES string of the molecule is N#CC1(C#N)[C@@H]2[C@@H]([C@H]3C[C@H]2C2=C3[C@H]3C[C@H]2[C@H](S(=O)(=O)c2ccccc2)[C@H]3S(=O)(=O)c2ccccc2)C1(C#N)C#N. The zero-order chi connectivity index (χ0) is 28.2. The lowest BCUT2D eigenvalue weighted by atomic mass is 9.36. The van der Waals surface area contributed by atoms with Crippen LogP contribution in [0.15, 0.2) is 81.6 Å². The molecule has 0 amide bonds. The molecule has 0 saturated heterocycles. The number of benzene rings is 2. The van der Waals surface area contributed by atoms with Crippen LogP contribution in [0.25, 0.3) is 0 Å². The predicted octanol–water partition coefficient (Wildman–Crippen LogP) is 3.58. The number of fused-ring (bicyclic) bond motifs is 11. The number of nitrogens with zero attached hydrogens (tertiary/aromatic N) is 4. The van der Waals surface area contributed by atoms with Crippen LogP contribution in [-0.4, -0.2) is 27.3 Å². The van der Waals surface area contributed by atoms with Crippen LogP contribution in [0.4, 0.5) is 0 Å². The van der Waals surface area contributed by atoms with Crippen LogP contribution in [0.2, 0.25) is 0 Å². The molecular weight excluding hydrogens is 544 g/mol. The van der Waals surface area contributed by atoms with Crippen molar-refractivity contribution in [3.05, 3.63) is 71.8 Å². The van der Waals surface area contributed by atoms with E-state index >= 15 is 0 Å². The second-order valence-electron chi connectivity index (χ2n) is 11.6. The van der Waals surface area contributed by atoms with Crippen molar-refractivity contribution in [2.24, 2.45) is 46.3 Å². The van der Waals surface area contributed by atoms with Gasteiger partial charge >= 0.3 is 0 Å². The van der Waals surface area contributed by atoms with Crippen molar-refractivity contribution in [2.45, 2.75) is 33.1 Å². The molecule has 0 aliphatic heterocycles. The Labute approximate surface area is 232 Å². The van der Waals surface area contributed by atoms with Gasteiger partial charge in [0.05, 0.1) is 44.6 Å². The van der Waals surface area contributed by atoms with E-state index in [1.807, 2.05) is 24.3 Å².